The number of nitrogens with zero attached hydrogens (tertiary/aromatic N) is 10. The van der Waals surface area contributed by atoms with Crippen molar-refractivity contribution in [3.8, 4) is 0 Å². The van der Waals surface area contributed by atoms with Crippen molar-refractivity contribution in [2.75, 3.05) is 29.5 Å². The normalized spacial score (nSPS) is 13.0. The predicted octanol–water partition coefficient (Wildman–Crippen LogP) is 16.7. The van der Waals surface area contributed by atoms with Crippen LogP contribution in [0.5, 0.6) is 0 Å². The van der Waals surface area contributed by atoms with Crippen molar-refractivity contribution < 1.29 is 86.7 Å². The van der Waals surface area contributed by atoms with Gasteiger partial charge in [-0.2, -0.15) is 23.3 Å². The third kappa shape index (κ3) is 27.3. The van der Waals surface area contributed by atoms with E-state index in [0.717, 1.165) is 144 Å². The number of anilines is 4. The van der Waals surface area contributed by atoms with Crippen LogP contribution < -0.4 is 55.1 Å². The highest BCUT2D eigenvalue weighted by atomic mass is 19.4. The van der Waals surface area contributed by atoms with Crippen molar-refractivity contribution in [1.29, 1.82) is 0 Å². The van der Waals surface area contributed by atoms with Gasteiger partial charge in [0.1, 0.15) is 47.0 Å². The maximum Gasteiger partial charge on any atom is 0.433 e. The third-order valence-electron chi connectivity index (χ3n) is 25.1. The quantitative estimate of drug-likeness (QED) is 0.0135. The first-order chi connectivity index (χ1) is 71.8. The highest BCUT2D eigenvalue weighted by Gasteiger charge is 2.37. The average molecular weight is 2050 g/mol. The van der Waals surface area contributed by atoms with Crippen molar-refractivity contribution in [1.82, 2.24) is 76.1 Å². The lowest BCUT2D eigenvalue weighted by atomic mass is 9.90. The van der Waals surface area contributed by atoms with E-state index in [0.29, 0.717) is 64.1 Å². The zero-order valence-electron chi connectivity index (χ0n) is 80.6. The lowest BCUT2D eigenvalue weighted by Crippen LogP contribution is -2.48. The monoisotopic (exact) mass is 2050 g/mol. The van der Waals surface area contributed by atoms with Crippen LogP contribution in [0.25, 0.3) is 48.9 Å². The van der Waals surface area contributed by atoms with Crippen LogP contribution in [0.3, 0.4) is 0 Å². The molecule has 0 saturated heterocycles. The summed E-state index contributed by atoms with van der Waals surface area (Å²) < 4.78 is 150. The molecule has 29 nitrogen and oxygen atoms in total. The van der Waals surface area contributed by atoms with Gasteiger partial charge in [-0.15, -0.1) is 0 Å². The molecular formula is C110H97F11N20O9. The topological polar surface area (TPSA) is 454 Å². The van der Waals surface area contributed by atoms with Crippen LogP contribution in [0, 0.1) is 77.1 Å². The van der Waals surface area contributed by atoms with Crippen molar-refractivity contribution in [2.24, 2.45) is 28.7 Å². The van der Waals surface area contributed by atoms with E-state index in [4.69, 9.17) is 22.9 Å². The number of halogens is 11. The molecule has 1 aliphatic carbocycles. The Morgan fingerprint density at radius 1 is 0.433 bits per heavy atom. The number of hydrogen-bond acceptors (Lipinski definition) is 22. The molecule has 0 radical (unpaired) electrons. The van der Waals surface area contributed by atoms with E-state index in [-0.39, 0.29) is 122 Å². The molecule has 40 heteroatoms. The van der Waals surface area contributed by atoms with Gasteiger partial charge >= 0.3 is 6.18 Å². The zero-order valence-corrected chi connectivity index (χ0v) is 80.6. The van der Waals surface area contributed by atoms with Gasteiger partial charge in [0.15, 0.2) is 63.9 Å². The van der Waals surface area contributed by atoms with Gasteiger partial charge in [0.25, 0.3) is 11.7 Å². The maximum absolute atomic E-state index is 13.9. The Hall–Kier alpha value is -17.8. The highest BCUT2D eigenvalue weighted by Crippen LogP contribution is 2.37. The molecule has 16 aromatic rings. The van der Waals surface area contributed by atoms with Crippen LogP contribution in [0.1, 0.15) is 145 Å². The molecule has 1 saturated carbocycles. The summed E-state index contributed by atoms with van der Waals surface area (Å²) in [7, 11) is 0. The summed E-state index contributed by atoms with van der Waals surface area (Å²) >= 11 is 0. The number of benzene rings is 8. The average Bonchev–Trinajstić information content (AvgIpc) is 1.62. The Balaban J connectivity index is 0.000000150. The fourth-order valence-corrected chi connectivity index (χ4v) is 17.1. The molecule has 8 aromatic carbocycles. The summed E-state index contributed by atoms with van der Waals surface area (Å²) in [6, 6.07) is 47.6. The highest BCUT2D eigenvalue weighted by molar-refractivity contribution is 6.24. The number of aliphatic imine (C=N–C) groups is 1. The van der Waals surface area contributed by atoms with Gasteiger partial charge in [-0.1, -0.05) is 86.6 Å². The van der Waals surface area contributed by atoms with Crippen LogP contribution in [0.15, 0.2) is 259 Å². The molecule has 18 rings (SSSR count). The number of aromatic amines is 1. The molecule has 5 amide bonds. The number of aromatic nitrogens is 10. The number of carbonyl (C=O) groups excluding carboxylic acids is 8. The number of nitrogen functional groups attached to an aromatic ring is 4. The van der Waals surface area contributed by atoms with Crippen LogP contribution in [-0.4, -0.2) is 115 Å². The fourth-order valence-electron chi connectivity index (χ4n) is 17.1. The molecular weight excluding hydrogens is 1950 g/mol. The number of alkyl halides is 3. The number of fused-ring (bicyclic) bond motifs is 5. The molecule has 14 N–H and O–H groups in total. The number of pyridine rings is 6. The van der Waals surface area contributed by atoms with Crippen molar-refractivity contribution in [3.05, 3.63) is 384 Å². The summed E-state index contributed by atoms with van der Waals surface area (Å²) in [5.41, 5.74) is 29.0. The van der Waals surface area contributed by atoms with Crippen LogP contribution in [-0.2, 0) is 82.0 Å². The lowest BCUT2D eigenvalue weighted by Gasteiger charge is -2.20. The molecule has 1 aliphatic heterocycles. The van der Waals surface area contributed by atoms with Crippen LogP contribution in [0.2, 0.25) is 0 Å². The van der Waals surface area contributed by atoms with Gasteiger partial charge < -0.3 is 54.5 Å². The lowest BCUT2D eigenvalue weighted by molar-refractivity contribution is -0.141. The van der Waals surface area contributed by atoms with E-state index in [1.807, 2.05) is 92.7 Å². The molecule has 1 fully saturated rings. The Morgan fingerprint density at radius 2 is 0.827 bits per heavy atom. The number of carbonyl (C=O) groups is 8. The molecule has 2 aliphatic rings. The first-order valence-corrected chi connectivity index (χ1v) is 47.3. The summed E-state index contributed by atoms with van der Waals surface area (Å²) in [5.74, 6) is -12.2. The second-order valence-electron chi connectivity index (χ2n) is 36.3. The minimum absolute atomic E-state index is 0.00210. The number of rotatable bonds is 33. The summed E-state index contributed by atoms with van der Waals surface area (Å²) in [4.78, 5) is 152. The van der Waals surface area contributed by atoms with Crippen molar-refractivity contribution in [2.45, 2.75) is 123 Å². The standard InChI is InChI=1S/C29H27F2N7O2.C28H23F5N4O2.C27H25F2N5O2.C26H22F2N4O3/c1-16(2)25-13-24(37-29-35-15-36-38(25)29)26(39)12-20(9-17-4-6-22(30)23(31)11-17)28(40)34-14-18-3-5-21-19(10-18)7-8-33-27(21)32;1-15-20(5-7-25(37-15)28(31,32)33)24(38)13-19(10-16-3-6-22(29)23(30)12-16)27(39)36-14-17-2-4-21-18(11-17)8-9-35-26(21)34;28-21-6-2-15(12-22(21)29)13-23(34-26(35)20-8-10-31-24(20)17-3-4-17)27(36)33-14-16-1-5-19-18(11-16)7-9-32-25(19)30;27-21-5-2-15(11-22(21)28)9-19(12-23(33)18-3-6-24(34)31-14-18)26(35)32-13-16-1-4-20-17(10-16)7-8-30-25(20)29/h3-8,10-11,13,15-16,20H,9,12,14H2,1-2H3,(H2,32,33)(H,34,40);2-9,11-12,19H,10,13-14H2,1H3,(H2,34,35)(H,36,39);1-2,5-9,11-12,17,23H,3-4,10,13-14H2,(H2,30,32)(H,33,36)(H,34,35);1-8,10-11,14,19H,9,12-13H2,(H2,29,30)(H,31,34)(H,32,35)/t20-;19-;23-;19-/m1101/s1. The minimum atomic E-state index is -4.67. The number of ketones is 3. The van der Waals surface area contributed by atoms with Gasteiger partial charge in [-0.3, -0.25) is 48.1 Å². The fraction of sp³-hybridized carbons (Fsp3) is 0.218. The number of nitrogens with one attached hydrogen (secondary N) is 6. The van der Waals surface area contributed by atoms with E-state index < -0.39 is 124 Å². The van der Waals surface area contributed by atoms with E-state index in [9.17, 15) is 91.4 Å². The van der Waals surface area contributed by atoms with Crippen molar-refractivity contribution >= 4 is 125 Å². The Bertz CT molecular complexity index is 8000. The molecule has 4 atom stereocenters. The minimum Gasteiger partial charge on any atom is -0.383 e. The van der Waals surface area contributed by atoms with E-state index in [2.05, 4.69) is 76.5 Å². The Kier molecular flexibility index (Phi) is 33.8. The third-order valence-corrected chi connectivity index (χ3v) is 25.1. The smallest absolute Gasteiger partial charge is 0.383 e. The van der Waals surface area contributed by atoms with Gasteiger partial charge in [-0.05, 0) is 238 Å². The van der Waals surface area contributed by atoms with Crippen molar-refractivity contribution in [3.63, 3.8) is 0 Å². The molecule has 768 valence electrons. The van der Waals surface area contributed by atoms with Crippen LogP contribution in [0.4, 0.5) is 71.6 Å². The number of aryl methyl sites for hydroxylation is 1. The number of amides is 5. The number of Topliss-reactive ketones (excluding diaryl/α,β-unsaturated/α-hetero) is 3. The van der Waals surface area contributed by atoms with Gasteiger partial charge in [0.2, 0.25) is 29.2 Å². The number of H-pyrrole nitrogens is 1. The largest absolute Gasteiger partial charge is 0.433 e. The van der Waals surface area contributed by atoms with Gasteiger partial charge in [0.05, 0.1) is 23.5 Å². The van der Waals surface area contributed by atoms with Gasteiger partial charge in [-0.25, -0.2) is 69.5 Å². The van der Waals surface area contributed by atoms with Crippen LogP contribution >= 0.6 is 0 Å². The predicted molar refractivity (Wildman–Crippen MR) is 541 cm³/mol. The zero-order chi connectivity index (χ0) is 107. The van der Waals surface area contributed by atoms with E-state index in [1.165, 1.54) is 55.8 Å². The molecule has 9 heterocycles. The Labute approximate surface area is 848 Å². The summed E-state index contributed by atoms with van der Waals surface area (Å²) in [5, 5.41) is 24.9. The maximum atomic E-state index is 13.9. The Morgan fingerprint density at radius 3 is 1.21 bits per heavy atom. The second-order valence-corrected chi connectivity index (χ2v) is 36.3. The molecule has 0 bridgehead atoms. The van der Waals surface area contributed by atoms with Gasteiger partial charge in [0, 0.05) is 151 Å². The summed E-state index contributed by atoms with van der Waals surface area (Å²) in [6.07, 6.45) is 7.27. The molecule has 0 unspecified atom stereocenters. The molecule has 150 heavy (non-hydrogen) atoms. The molecule has 8 aromatic heterocycles. The number of hydrogen-bond donors (Lipinski definition) is 10. The van der Waals surface area contributed by atoms with E-state index >= 15 is 0 Å². The summed E-state index contributed by atoms with van der Waals surface area (Å²) in [6.45, 7) is 6.33. The number of nitrogens with two attached hydrogens (primary N) is 4. The SMILES string of the molecule is CC(C)c1cc(C(=O)C[C@@H](Cc2ccc(F)c(F)c2)C(=O)NCc2ccc3c(N)nccc3c2)nc2ncnn12.Cc1nc(C(F)(F)F)ccc1C(=O)C[C@@H](Cc1ccc(F)c(F)c1)C(=O)NCc1ccc2c(N)nccc2c1.Nc1nccc2cc(CNC(=O)[C@@H](CC(=O)c3ccc(=O)[nH]c3)Cc3ccc(F)c(F)c3)ccc12.Nc1nccc2cc(CNC(=O)[C@H](Cc3ccc(F)c(F)c3)NC(=O)C3=CCN=C3C3CC3)ccc12. The first kappa shape index (κ1) is 107. The first-order valence-electron chi connectivity index (χ1n) is 47.3. The molecule has 0 spiro atoms. The van der Waals surface area contributed by atoms with E-state index in [1.54, 1.807) is 59.6 Å². The second kappa shape index (κ2) is 47.6.